The first-order valence-electron chi connectivity index (χ1n) is 7.28. The summed E-state index contributed by atoms with van der Waals surface area (Å²) < 4.78 is 14.1. The minimum absolute atomic E-state index is 0.0541. The van der Waals surface area contributed by atoms with E-state index in [1.165, 1.54) is 20.3 Å². The highest BCUT2D eigenvalue weighted by Gasteiger charge is 2.26. The summed E-state index contributed by atoms with van der Waals surface area (Å²) in [5.74, 6) is -2.64. The van der Waals surface area contributed by atoms with Gasteiger partial charge in [-0.15, -0.1) is 11.3 Å². The SMILES string of the molecule is CC/C=C/C(=O)OCC(=O)Nc1sc(C(=O)OC)c(C)c1C(=O)OC. The zero-order valence-corrected chi connectivity index (χ0v) is 15.2. The molecule has 0 fully saturated rings. The highest BCUT2D eigenvalue weighted by Crippen LogP contribution is 2.34. The minimum atomic E-state index is -0.706. The Bertz CT molecular complexity index is 706. The van der Waals surface area contributed by atoms with Crippen molar-refractivity contribution in [3.05, 3.63) is 28.2 Å². The van der Waals surface area contributed by atoms with Gasteiger partial charge in [-0.1, -0.05) is 13.0 Å². The standard InChI is InChI=1S/C16H19NO7S/c1-5-6-7-11(19)24-8-10(18)17-14-12(15(20)22-3)9(2)13(25-14)16(21)23-4/h6-7H,5,8H2,1-4H3,(H,17,18)/b7-6+. The van der Waals surface area contributed by atoms with Gasteiger partial charge in [0.1, 0.15) is 9.88 Å². The lowest BCUT2D eigenvalue weighted by atomic mass is 10.1. The Morgan fingerprint density at radius 2 is 1.76 bits per heavy atom. The number of hydrogen-bond donors (Lipinski definition) is 1. The number of esters is 3. The van der Waals surface area contributed by atoms with Gasteiger partial charge < -0.3 is 19.5 Å². The van der Waals surface area contributed by atoms with Crippen molar-refractivity contribution >= 4 is 40.2 Å². The predicted molar refractivity (Wildman–Crippen MR) is 90.8 cm³/mol. The molecule has 0 aliphatic rings. The summed E-state index contributed by atoms with van der Waals surface area (Å²) in [5, 5.41) is 2.57. The molecule has 0 aromatic carbocycles. The first kappa shape index (κ1) is 20.4. The van der Waals surface area contributed by atoms with Gasteiger partial charge in [-0.25, -0.2) is 14.4 Å². The Kier molecular flexibility index (Phi) is 7.80. The fraction of sp³-hybridized carbons (Fsp3) is 0.375. The van der Waals surface area contributed by atoms with Gasteiger partial charge in [0.2, 0.25) is 0 Å². The Morgan fingerprint density at radius 3 is 2.32 bits per heavy atom. The van der Waals surface area contributed by atoms with E-state index in [0.717, 1.165) is 11.3 Å². The molecule has 0 unspecified atom stereocenters. The van der Waals surface area contributed by atoms with Gasteiger partial charge in [0.25, 0.3) is 5.91 Å². The van der Waals surface area contributed by atoms with Crippen LogP contribution in [0, 0.1) is 6.92 Å². The fourth-order valence-corrected chi connectivity index (χ4v) is 2.93. The number of carbonyl (C=O) groups is 4. The van der Waals surface area contributed by atoms with Gasteiger partial charge in [0.05, 0.1) is 19.8 Å². The van der Waals surface area contributed by atoms with E-state index < -0.39 is 30.4 Å². The number of anilines is 1. The van der Waals surface area contributed by atoms with Crippen LogP contribution in [0.1, 0.15) is 38.9 Å². The Balaban J connectivity index is 2.94. The average molecular weight is 369 g/mol. The second kappa shape index (κ2) is 9.58. The molecule has 1 rings (SSSR count). The summed E-state index contributed by atoms with van der Waals surface area (Å²) >= 11 is 0.877. The van der Waals surface area contributed by atoms with E-state index in [1.807, 2.05) is 6.92 Å². The molecule has 0 atom stereocenters. The summed E-state index contributed by atoms with van der Waals surface area (Å²) in [5.41, 5.74) is 0.389. The van der Waals surface area contributed by atoms with Crippen molar-refractivity contribution in [3.8, 4) is 0 Å². The second-order valence-corrected chi connectivity index (χ2v) is 5.73. The number of nitrogens with one attached hydrogen (secondary N) is 1. The second-order valence-electron chi connectivity index (χ2n) is 4.71. The van der Waals surface area contributed by atoms with Crippen molar-refractivity contribution in [3.63, 3.8) is 0 Å². The van der Waals surface area contributed by atoms with Crippen LogP contribution in [0.2, 0.25) is 0 Å². The predicted octanol–water partition coefficient (Wildman–Crippen LogP) is 2.08. The molecular formula is C16H19NO7S. The third-order valence-electron chi connectivity index (χ3n) is 3.00. The monoisotopic (exact) mass is 369 g/mol. The Hall–Kier alpha value is -2.68. The van der Waals surface area contributed by atoms with E-state index in [2.05, 4.69) is 14.8 Å². The number of carbonyl (C=O) groups excluding carboxylic acids is 4. The molecule has 0 aliphatic carbocycles. The van der Waals surface area contributed by atoms with Crippen LogP contribution < -0.4 is 5.32 Å². The molecule has 1 heterocycles. The normalized spacial score (nSPS) is 10.4. The number of amides is 1. The third-order valence-corrected chi connectivity index (χ3v) is 4.18. The molecule has 1 aromatic heterocycles. The third kappa shape index (κ3) is 5.42. The lowest BCUT2D eigenvalue weighted by molar-refractivity contribution is -0.142. The van der Waals surface area contributed by atoms with Crippen molar-refractivity contribution in [2.75, 3.05) is 26.1 Å². The number of rotatable bonds is 7. The van der Waals surface area contributed by atoms with E-state index in [0.29, 0.717) is 12.0 Å². The van der Waals surface area contributed by atoms with Crippen LogP contribution in [-0.2, 0) is 23.8 Å². The van der Waals surface area contributed by atoms with Gasteiger partial charge in [0.15, 0.2) is 6.61 Å². The van der Waals surface area contributed by atoms with Crippen LogP contribution in [-0.4, -0.2) is 44.6 Å². The minimum Gasteiger partial charge on any atom is -0.465 e. The maximum absolute atomic E-state index is 11.9. The van der Waals surface area contributed by atoms with E-state index in [4.69, 9.17) is 4.74 Å². The Morgan fingerprint density at radius 1 is 1.12 bits per heavy atom. The molecule has 0 bridgehead atoms. The van der Waals surface area contributed by atoms with Crippen molar-refractivity contribution in [2.45, 2.75) is 20.3 Å². The summed E-state index contributed by atoms with van der Waals surface area (Å²) in [6, 6.07) is 0. The molecule has 1 amide bonds. The van der Waals surface area contributed by atoms with Gasteiger partial charge in [-0.05, 0) is 18.9 Å². The molecular weight excluding hydrogens is 350 g/mol. The molecule has 136 valence electrons. The lowest BCUT2D eigenvalue weighted by Crippen LogP contribution is -2.21. The van der Waals surface area contributed by atoms with E-state index in [1.54, 1.807) is 13.0 Å². The van der Waals surface area contributed by atoms with E-state index in [-0.39, 0.29) is 15.4 Å². The molecule has 1 aromatic rings. The maximum Gasteiger partial charge on any atom is 0.348 e. The summed E-state index contributed by atoms with van der Waals surface area (Å²) in [6.45, 7) is 2.86. The molecule has 0 saturated carbocycles. The molecule has 8 nitrogen and oxygen atoms in total. The average Bonchev–Trinajstić information content (AvgIpc) is 2.92. The first-order valence-corrected chi connectivity index (χ1v) is 8.10. The van der Waals surface area contributed by atoms with Gasteiger partial charge in [0, 0.05) is 6.08 Å². The number of allylic oxidation sites excluding steroid dienone is 1. The van der Waals surface area contributed by atoms with Crippen molar-refractivity contribution in [1.29, 1.82) is 0 Å². The van der Waals surface area contributed by atoms with Crippen LogP contribution in [0.15, 0.2) is 12.2 Å². The molecule has 0 saturated heterocycles. The summed E-state index contributed by atoms with van der Waals surface area (Å²) in [7, 11) is 2.39. The number of hydrogen-bond acceptors (Lipinski definition) is 8. The maximum atomic E-state index is 11.9. The zero-order chi connectivity index (χ0) is 19.0. The first-order chi connectivity index (χ1) is 11.8. The smallest absolute Gasteiger partial charge is 0.348 e. The van der Waals surface area contributed by atoms with Gasteiger partial charge in [-0.3, -0.25) is 4.79 Å². The van der Waals surface area contributed by atoms with Crippen molar-refractivity contribution < 1.29 is 33.4 Å². The molecule has 0 aliphatic heterocycles. The molecule has 9 heteroatoms. The van der Waals surface area contributed by atoms with Gasteiger partial charge >= 0.3 is 17.9 Å². The number of methoxy groups -OCH3 is 2. The van der Waals surface area contributed by atoms with Crippen LogP contribution in [0.25, 0.3) is 0 Å². The molecule has 0 radical (unpaired) electrons. The fourth-order valence-electron chi connectivity index (χ4n) is 1.80. The van der Waals surface area contributed by atoms with Crippen LogP contribution in [0.4, 0.5) is 5.00 Å². The zero-order valence-electron chi connectivity index (χ0n) is 14.3. The molecule has 25 heavy (non-hydrogen) atoms. The van der Waals surface area contributed by atoms with Crippen molar-refractivity contribution in [1.82, 2.24) is 0 Å². The van der Waals surface area contributed by atoms with Gasteiger partial charge in [-0.2, -0.15) is 0 Å². The Labute approximate surface area is 148 Å². The molecule has 1 N–H and O–H groups in total. The highest BCUT2D eigenvalue weighted by atomic mass is 32.1. The quantitative estimate of drug-likeness (QED) is 0.445. The largest absolute Gasteiger partial charge is 0.465 e. The number of thiophene rings is 1. The van der Waals surface area contributed by atoms with Crippen LogP contribution in [0.3, 0.4) is 0 Å². The molecule has 0 spiro atoms. The highest BCUT2D eigenvalue weighted by molar-refractivity contribution is 7.18. The summed E-state index contributed by atoms with van der Waals surface area (Å²) in [6.07, 6.45) is 3.48. The van der Waals surface area contributed by atoms with Crippen LogP contribution in [0.5, 0.6) is 0 Å². The van der Waals surface area contributed by atoms with E-state index in [9.17, 15) is 19.2 Å². The van der Waals surface area contributed by atoms with Crippen LogP contribution >= 0.6 is 11.3 Å². The van der Waals surface area contributed by atoms with E-state index >= 15 is 0 Å². The summed E-state index contributed by atoms with van der Waals surface area (Å²) in [4.78, 5) is 47.1. The lowest BCUT2D eigenvalue weighted by Gasteiger charge is -2.06. The van der Waals surface area contributed by atoms with Crippen molar-refractivity contribution in [2.24, 2.45) is 0 Å². The number of ether oxygens (including phenoxy) is 3. The topological polar surface area (TPSA) is 108 Å².